The molecular weight excluding hydrogens is 548 g/mol. The van der Waals surface area contributed by atoms with Crippen LogP contribution in [0.5, 0.6) is 0 Å². The minimum atomic E-state index is -3.67. The van der Waals surface area contributed by atoms with Gasteiger partial charge in [-0.1, -0.05) is 30.2 Å². The highest BCUT2D eigenvalue weighted by Crippen LogP contribution is 2.31. The molecular formula is C28H37ClN8O2S. The Labute approximate surface area is 241 Å². The maximum atomic E-state index is 12.8. The number of sulfonamides is 1. The lowest BCUT2D eigenvalue weighted by Crippen LogP contribution is -2.46. The molecule has 12 heteroatoms. The number of para-hydroxylation sites is 1. The summed E-state index contributed by atoms with van der Waals surface area (Å²) in [6.45, 7) is 6.55. The lowest BCUT2D eigenvalue weighted by molar-refractivity contribution is 0.141. The van der Waals surface area contributed by atoms with E-state index in [4.69, 9.17) is 16.6 Å². The van der Waals surface area contributed by atoms with Gasteiger partial charge in [-0.05, 0) is 69.5 Å². The number of benzene rings is 1. The third-order valence-electron chi connectivity index (χ3n) is 7.68. The molecule has 4 heterocycles. The number of likely N-dealkylation sites (tertiary alicyclic amines) is 1. The zero-order valence-corrected chi connectivity index (χ0v) is 24.8. The molecule has 0 amide bonds. The molecule has 2 N–H and O–H groups in total. The molecule has 0 spiro atoms. The van der Waals surface area contributed by atoms with Gasteiger partial charge < -0.3 is 20.4 Å². The van der Waals surface area contributed by atoms with Gasteiger partial charge in [-0.3, -0.25) is 0 Å². The fourth-order valence-electron chi connectivity index (χ4n) is 5.34. The third kappa shape index (κ3) is 6.33. The second-order valence-corrected chi connectivity index (χ2v) is 13.1. The molecule has 0 unspecified atom stereocenters. The van der Waals surface area contributed by atoms with Gasteiger partial charge in [0.15, 0.2) is 5.82 Å². The van der Waals surface area contributed by atoms with Crippen molar-refractivity contribution < 1.29 is 8.42 Å². The lowest BCUT2D eigenvalue weighted by Gasteiger charge is -2.40. The molecule has 2 aromatic heterocycles. The molecule has 0 radical (unpaired) electrons. The van der Waals surface area contributed by atoms with Crippen molar-refractivity contribution in [3.8, 4) is 0 Å². The Morgan fingerprint density at radius 2 is 1.68 bits per heavy atom. The Morgan fingerprint density at radius 3 is 2.38 bits per heavy atom. The van der Waals surface area contributed by atoms with Crippen molar-refractivity contribution in [1.82, 2.24) is 24.2 Å². The van der Waals surface area contributed by atoms with Gasteiger partial charge in [0, 0.05) is 33.2 Å². The van der Waals surface area contributed by atoms with Gasteiger partial charge in [0.2, 0.25) is 16.0 Å². The second-order valence-electron chi connectivity index (χ2n) is 10.6. The van der Waals surface area contributed by atoms with Crippen LogP contribution in [-0.2, 0) is 10.0 Å². The molecule has 5 rings (SSSR count). The SMILES string of the molecule is Cc1cc(N2CCC(N3CCCCC3)CC2)ncc1Nc1ncc(Cl)c(Nc2ccccc2S(=O)(=O)N(C)C)n1. The Morgan fingerprint density at radius 1 is 0.950 bits per heavy atom. The van der Waals surface area contributed by atoms with Gasteiger partial charge in [-0.2, -0.15) is 4.98 Å². The zero-order chi connectivity index (χ0) is 28.3. The number of aromatic nitrogens is 3. The summed E-state index contributed by atoms with van der Waals surface area (Å²) < 4.78 is 26.8. The number of hydrogen-bond donors (Lipinski definition) is 2. The fourth-order valence-corrected chi connectivity index (χ4v) is 6.52. The first-order chi connectivity index (χ1) is 19.2. The summed E-state index contributed by atoms with van der Waals surface area (Å²) >= 11 is 6.38. The van der Waals surface area contributed by atoms with Crippen LogP contribution in [-0.4, -0.2) is 78.9 Å². The van der Waals surface area contributed by atoms with Crippen molar-refractivity contribution in [1.29, 1.82) is 0 Å². The van der Waals surface area contributed by atoms with E-state index in [2.05, 4.69) is 36.5 Å². The second kappa shape index (κ2) is 12.3. The van der Waals surface area contributed by atoms with Gasteiger partial charge in [-0.15, -0.1) is 0 Å². The van der Waals surface area contributed by atoms with E-state index >= 15 is 0 Å². The fraction of sp³-hybridized carbons (Fsp3) is 0.464. The van der Waals surface area contributed by atoms with Crippen LogP contribution < -0.4 is 15.5 Å². The summed E-state index contributed by atoms with van der Waals surface area (Å²) in [6, 6.07) is 9.42. The van der Waals surface area contributed by atoms with Crippen LogP contribution in [0.25, 0.3) is 0 Å². The highest BCUT2D eigenvalue weighted by molar-refractivity contribution is 7.89. The molecule has 2 fully saturated rings. The summed E-state index contributed by atoms with van der Waals surface area (Å²) in [5.74, 6) is 1.59. The number of rotatable bonds is 8. The summed E-state index contributed by atoms with van der Waals surface area (Å²) in [4.78, 5) is 18.8. The molecule has 214 valence electrons. The van der Waals surface area contributed by atoms with Gasteiger partial charge in [0.25, 0.3) is 0 Å². The Kier molecular flexibility index (Phi) is 8.74. The number of piperidine rings is 2. The summed E-state index contributed by atoms with van der Waals surface area (Å²) in [5, 5.41) is 6.57. The number of aryl methyl sites for hydroxylation is 1. The molecule has 1 aromatic carbocycles. The molecule has 0 bridgehead atoms. The molecule has 2 aliphatic rings. The highest BCUT2D eigenvalue weighted by atomic mass is 35.5. The number of halogens is 1. The maximum absolute atomic E-state index is 12.8. The van der Waals surface area contributed by atoms with Gasteiger partial charge in [0.1, 0.15) is 15.7 Å². The van der Waals surface area contributed by atoms with Gasteiger partial charge in [0.05, 0.1) is 23.8 Å². The van der Waals surface area contributed by atoms with Gasteiger partial charge in [-0.25, -0.2) is 22.7 Å². The molecule has 0 saturated carbocycles. The monoisotopic (exact) mass is 584 g/mol. The van der Waals surface area contributed by atoms with E-state index < -0.39 is 10.0 Å². The highest BCUT2D eigenvalue weighted by Gasteiger charge is 2.26. The Balaban J connectivity index is 1.27. The summed E-state index contributed by atoms with van der Waals surface area (Å²) in [5.41, 5.74) is 2.18. The topological polar surface area (TPSA) is 107 Å². The molecule has 2 saturated heterocycles. The average molecular weight is 585 g/mol. The van der Waals surface area contributed by atoms with Crippen LogP contribution in [0.3, 0.4) is 0 Å². The molecule has 40 heavy (non-hydrogen) atoms. The van der Waals surface area contributed by atoms with E-state index in [0.717, 1.165) is 30.2 Å². The minimum absolute atomic E-state index is 0.125. The quantitative estimate of drug-likeness (QED) is 0.377. The lowest BCUT2D eigenvalue weighted by atomic mass is 10.00. The predicted molar refractivity (Wildman–Crippen MR) is 161 cm³/mol. The Hall–Kier alpha value is -2.99. The average Bonchev–Trinajstić information content (AvgIpc) is 2.96. The number of hydrogen-bond acceptors (Lipinski definition) is 9. The summed E-state index contributed by atoms with van der Waals surface area (Å²) in [6.07, 6.45) is 9.67. The van der Waals surface area contributed by atoms with Crippen LogP contribution >= 0.6 is 11.6 Å². The number of nitrogens with zero attached hydrogens (tertiary/aromatic N) is 6. The van der Waals surface area contributed by atoms with Gasteiger partial charge >= 0.3 is 0 Å². The van der Waals surface area contributed by atoms with E-state index in [1.165, 1.54) is 69.8 Å². The first-order valence-electron chi connectivity index (χ1n) is 13.8. The molecule has 0 aliphatic carbocycles. The van der Waals surface area contributed by atoms with Crippen molar-refractivity contribution >= 4 is 50.6 Å². The maximum Gasteiger partial charge on any atom is 0.244 e. The van der Waals surface area contributed by atoms with Crippen LogP contribution in [0, 0.1) is 6.92 Å². The predicted octanol–water partition coefficient (Wildman–Crippen LogP) is 5.03. The van der Waals surface area contributed by atoms with Crippen LogP contribution in [0.1, 0.15) is 37.7 Å². The smallest absolute Gasteiger partial charge is 0.244 e. The van der Waals surface area contributed by atoms with Crippen LogP contribution in [0.2, 0.25) is 5.02 Å². The first-order valence-corrected chi connectivity index (χ1v) is 15.6. The normalized spacial score (nSPS) is 17.3. The van der Waals surface area contributed by atoms with Crippen LogP contribution in [0.4, 0.5) is 29.0 Å². The van der Waals surface area contributed by atoms with Crippen molar-refractivity contribution in [3.63, 3.8) is 0 Å². The van der Waals surface area contributed by atoms with Crippen molar-refractivity contribution in [2.24, 2.45) is 0 Å². The standard InChI is InChI=1S/C28H37ClN8O2S/c1-20-17-26(37-15-11-21(12-16-37)36-13-7-4-8-14-36)30-19-24(20)33-28-31-18-22(29)27(34-28)32-23-9-5-6-10-25(23)40(38,39)35(2)3/h5-6,9-10,17-19,21H,4,7-8,11-16H2,1-3H3,(H2,31,32,33,34). The van der Waals surface area contributed by atoms with Crippen molar-refractivity contribution in [2.45, 2.75) is 50.0 Å². The molecule has 10 nitrogen and oxygen atoms in total. The Bertz CT molecular complexity index is 1440. The largest absolute Gasteiger partial charge is 0.356 e. The number of nitrogens with one attached hydrogen (secondary N) is 2. The minimum Gasteiger partial charge on any atom is -0.356 e. The number of pyridine rings is 1. The van der Waals surface area contributed by atoms with E-state index in [1.54, 1.807) is 24.3 Å². The van der Waals surface area contributed by atoms with Crippen molar-refractivity contribution in [3.05, 3.63) is 53.3 Å². The van der Waals surface area contributed by atoms with E-state index in [9.17, 15) is 8.42 Å². The first kappa shape index (κ1) is 28.5. The van der Waals surface area contributed by atoms with E-state index in [1.807, 2.05) is 13.1 Å². The third-order valence-corrected chi connectivity index (χ3v) is 9.83. The molecule has 3 aromatic rings. The van der Waals surface area contributed by atoms with Crippen LogP contribution in [0.15, 0.2) is 47.6 Å². The summed E-state index contributed by atoms with van der Waals surface area (Å²) in [7, 11) is -0.691. The zero-order valence-electron chi connectivity index (χ0n) is 23.3. The van der Waals surface area contributed by atoms with E-state index in [0.29, 0.717) is 23.5 Å². The number of anilines is 5. The molecule has 2 aliphatic heterocycles. The van der Waals surface area contributed by atoms with E-state index in [-0.39, 0.29) is 9.92 Å². The molecule has 0 atom stereocenters. The van der Waals surface area contributed by atoms with Crippen molar-refractivity contribution in [2.75, 3.05) is 55.8 Å².